The third kappa shape index (κ3) is 3.94. The summed E-state index contributed by atoms with van der Waals surface area (Å²) in [7, 11) is 0. The number of nitrogens with one attached hydrogen (secondary N) is 1. The molecule has 0 aromatic heterocycles. The van der Waals surface area contributed by atoms with E-state index in [1.165, 1.54) is 0 Å². The van der Waals surface area contributed by atoms with Gasteiger partial charge in [0.2, 0.25) is 12.7 Å². The Bertz CT molecular complexity index is 594. The second-order valence-electron chi connectivity index (χ2n) is 6.73. The summed E-state index contributed by atoms with van der Waals surface area (Å²) in [5.41, 5.74) is 6.45. The number of halogens is 1. The van der Waals surface area contributed by atoms with Crippen molar-refractivity contribution < 1.29 is 19.0 Å². The fourth-order valence-electron chi connectivity index (χ4n) is 2.91. The number of carbonyl (C=O) groups is 1. The van der Waals surface area contributed by atoms with E-state index in [9.17, 15) is 4.79 Å². The van der Waals surface area contributed by atoms with E-state index in [0.29, 0.717) is 13.1 Å². The monoisotopic (exact) mass is 356 g/mol. The highest BCUT2D eigenvalue weighted by molar-refractivity contribution is 5.85. The van der Waals surface area contributed by atoms with Gasteiger partial charge in [-0.25, -0.2) is 0 Å². The van der Waals surface area contributed by atoms with Crippen LogP contribution in [-0.2, 0) is 14.9 Å². The Morgan fingerprint density at radius 1 is 1.29 bits per heavy atom. The van der Waals surface area contributed by atoms with Crippen molar-refractivity contribution in [2.75, 3.05) is 19.9 Å². The quantitative estimate of drug-likeness (QED) is 0.839. The molecule has 0 spiro atoms. The number of amides is 1. The van der Waals surface area contributed by atoms with Crippen molar-refractivity contribution in [2.45, 2.75) is 44.3 Å². The van der Waals surface area contributed by atoms with E-state index >= 15 is 0 Å². The smallest absolute Gasteiger partial charge is 0.249 e. The van der Waals surface area contributed by atoms with E-state index < -0.39 is 0 Å². The van der Waals surface area contributed by atoms with Gasteiger partial charge in [0.15, 0.2) is 11.5 Å². The van der Waals surface area contributed by atoms with Crippen molar-refractivity contribution in [3.05, 3.63) is 23.8 Å². The van der Waals surface area contributed by atoms with Crippen LogP contribution in [0.3, 0.4) is 0 Å². The minimum Gasteiger partial charge on any atom is -0.454 e. The number of hydrogen-bond acceptors (Lipinski definition) is 5. The summed E-state index contributed by atoms with van der Waals surface area (Å²) < 4.78 is 16.4. The summed E-state index contributed by atoms with van der Waals surface area (Å²) >= 11 is 0. The largest absolute Gasteiger partial charge is 0.454 e. The average Bonchev–Trinajstić information content (AvgIpc) is 3.20. The first-order valence-electron chi connectivity index (χ1n) is 8.03. The molecule has 0 bridgehead atoms. The maximum absolute atomic E-state index is 12.3. The van der Waals surface area contributed by atoms with Crippen molar-refractivity contribution in [2.24, 2.45) is 5.73 Å². The first-order valence-corrected chi connectivity index (χ1v) is 8.03. The Morgan fingerprint density at radius 2 is 2.04 bits per heavy atom. The molecular formula is C17H25ClN2O4. The molecule has 134 valence electrons. The predicted molar refractivity (Wildman–Crippen MR) is 92.8 cm³/mol. The highest BCUT2D eigenvalue weighted by atomic mass is 35.5. The Hall–Kier alpha value is -1.50. The molecule has 1 aromatic carbocycles. The summed E-state index contributed by atoms with van der Waals surface area (Å²) in [5, 5.41) is 3.00. The zero-order valence-electron chi connectivity index (χ0n) is 14.0. The van der Waals surface area contributed by atoms with Gasteiger partial charge in [0, 0.05) is 18.5 Å². The minimum atomic E-state index is -0.379. The number of benzene rings is 1. The van der Waals surface area contributed by atoms with Gasteiger partial charge >= 0.3 is 0 Å². The van der Waals surface area contributed by atoms with Crippen LogP contribution in [0.15, 0.2) is 18.2 Å². The van der Waals surface area contributed by atoms with E-state index in [-0.39, 0.29) is 42.7 Å². The van der Waals surface area contributed by atoms with Gasteiger partial charge in [0.05, 0.1) is 6.10 Å². The second-order valence-corrected chi connectivity index (χ2v) is 6.73. The molecule has 7 heteroatoms. The van der Waals surface area contributed by atoms with Crippen LogP contribution >= 0.6 is 12.4 Å². The Morgan fingerprint density at radius 3 is 2.75 bits per heavy atom. The normalized spacial score (nSPS) is 22.1. The van der Waals surface area contributed by atoms with Crippen LogP contribution in [0.4, 0.5) is 0 Å². The summed E-state index contributed by atoms with van der Waals surface area (Å²) in [5.74, 6) is 1.46. The van der Waals surface area contributed by atoms with Crippen molar-refractivity contribution in [3.63, 3.8) is 0 Å². The lowest BCUT2D eigenvalue weighted by molar-refractivity contribution is -0.132. The molecule has 0 unspecified atom stereocenters. The summed E-state index contributed by atoms with van der Waals surface area (Å²) in [6.45, 7) is 5.42. The van der Waals surface area contributed by atoms with Crippen molar-refractivity contribution in [3.8, 4) is 11.5 Å². The van der Waals surface area contributed by atoms with E-state index in [1.54, 1.807) is 0 Å². The molecule has 2 heterocycles. The lowest BCUT2D eigenvalue weighted by Gasteiger charge is -2.26. The number of nitrogens with two attached hydrogens (primary N) is 1. The van der Waals surface area contributed by atoms with Gasteiger partial charge in [0.1, 0.15) is 6.10 Å². The summed E-state index contributed by atoms with van der Waals surface area (Å²) in [6.07, 6.45) is 1.21. The van der Waals surface area contributed by atoms with Gasteiger partial charge in [0.25, 0.3) is 0 Å². The molecule has 2 aliphatic heterocycles. The standard InChI is InChI=1S/C17H24N2O4.ClH/c1-17(2,11-3-5-13-15(7-11)22-10-21-13)9-19-16(20)14-6-4-12(8-18)23-14;/h3,5,7,12,14H,4,6,8-10,18H2,1-2H3,(H,19,20);1H/t12-,14+;/m1./s1. The first kappa shape index (κ1) is 18.8. The Balaban J connectivity index is 0.00000208. The van der Waals surface area contributed by atoms with E-state index in [2.05, 4.69) is 19.2 Å². The van der Waals surface area contributed by atoms with Gasteiger partial charge in [-0.15, -0.1) is 12.4 Å². The maximum atomic E-state index is 12.3. The van der Waals surface area contributed by atoms with Crippen molar-refractivity contribution in [1.29, 1.82) is 0 Å². The van der Waals surface area contributed by atoms with Crippen LogP contribution in [0.5, 0.6) is 11.5 Å². The number of hydrogen-bond donors (Lipinski definition) is 2. The van der Waals surface area contributed by atoms with Gasteiger partial charge in [-0.3, -0.25) is 4.79 Å². The molecule has 3 N–H and O–H groups in total. The Kier molecular flexibility index (Phi) is 5.96. The van der Waals surface area contributed by atoms with Crippen LogP contribution < -0.4 is 20.5 Å². The molecule has 24 heavy (non-hydrogen) atoms. The number of carbonyl (C=O) groups excluding carboxylic acids is 1. The summed E-state index contributed by atoms with van der Waals surface area (Å²) in [6, 6.07) is 5.90. The molecule has 0 saturated carbocycles. The zero-order valence-corrected chi connectivity index (χ0v) is 14.9. The van der Waals surface area contributed by atoms with E-state index in [1.807, 2.05) is 18.2 Å². The van der Waals surface area contributed by atoms with E-state index in [4.69, 9.17) is 19.9 Å². The average molecular weight is 357 g/mol. The first-order chi connectivity index (χ1) is 11.0. The molecule has 2 atom stereocenters. The molecule has 0 radical (unpaired) electrons. The zero-order chi connectivity index (χ0) is 16.4. The van der Waals surface area contributed by atoms with Crippen molar-refractivity contribution in [1.82, 2.24) is 5.32 Å². The molecule has 0 aliphatic carbocycles. The van der Waals surface area contributed by atoms with Gasteiger partial charge in [-0.2, -0.15) is 0 Å². The number of rotatable bonds is 5. The predicted octanol–water partition coefficient (Wildman–Crippen LogP) is 1.74. The molecule has 1 aromatic rings. The minimum absolute atomic E-state index is 0. The molecule has 2 aliphatic rings. The third-order valence-corrected chi connectivity index (χ3v) is 4.52. The van der Waals surface area contributed by atoms with E-state index in [0.717, 1.165) is 29.9 Å². The van der Waals surface area contributed by atoms with Gasteiger partial charge in [-0.1, -0.05) is 19.9 Å². The van der Waals surface area contributed by atoms with Crippen molar-refractivity contribution >= 4 is 18.3 Å². The lowest BCUT2D eigenvalue weighted by Crippen LogP contribution is -2.42. The fourth-order valence-corrected chi connectivity index (χ4v) is 2.91. The summed E-state index contributed by atoms with van der Waals surface area (Å²) in [4.78, 5) is 12.3. The molecular weight excluding hydrogens is 332 g/mol. The highest BCUT2D eigenvalue weighted by Gasteiger charge is 2.31. The third-order valence-electron chi connectivity index (χ3n) is 4.52. The topological polar surface area (TPSA) is 82.8 Å². The molecule has 1 fully saturated rings. The number of fused-ring (bicyclic) bond motifs is 1. The highest BCUT2D eigenvalue weighted by Crippen LogP contribution is 2.36. The van der Waals surface area contributed by atoms with Crippen LogP contribution in [0.1, 0.15) is 32.3 Å². The van der Waals surface area contributed by atoms with Gasteiger partial charge < -0.3 is 25.3 Å². The van der Waals surface area contributed by atoms with Crippen LogP contribution in [0.25, 0.3) is 0 Å². The number of ether oxygens (including phenoxy) is 3. The fraction of sp³-hybridized carbons (Fsp3) is 0.588. The molecule has 3 rings (SSSR count). The maximum Gasteiger partial charge on any atom is 0.249 e. The van der Waals surface area contributed by atoms with Gasteiger partial charge in [-0.05, 0) is 30.5 Å². The lowest BCUT2D eigenvalue weighted by atomic mass is 9.84. The van der Waals surface area contributed by atoms with Crippen LogP contribution in [0, 0.1) is 0 Å². The van der Waals surface area contributed by atoms with Crippen LogP contribution in [-0.4, -0.2) is 38.0 Å². The molecule has 1 amide bonds. The SMILES string of the molecule is CC(C)(CNC(=O)[C@@H]1CC[C@H](CN)O1)c1ccc2c(c1)OCO2.Cl. The van der Waals surface area contributed by atoms with Crippen LogP contribution in [0.2, 0.25) is 0 Å². The molecule has 6 nitrogen and oxygen atoms in total. The second kappa shape index (κ2) is 7.59. The Labute approximate surface area is 148 Å². The molecule has 1 saturated heterocycles.